The lowest BCUT2D eigenvalue weighted by atomic mass is 10.2. The molecule has 0 aromatic carbocycles. The first-order chi connectivity index (χ1) is 3.27. The van der Waals surface area contributed by atoms with Crippen LogP contribution in [0.25, 0.3) is 0 Å². The van der Waals surface area contributed by atoms with E-state index >= 15 is 0 Å². The number of hydrogen-bond donors (Lipinski definition) is 0. The zero-order valence-corrected chi connectivity index (χ0v) is 5.92. The van der Waals surface area contributed by atoms with Crippen LogP contribution in [0.1, 0.15) is 20.3 Å². The summed E-state index contributed by atoms with van der Waals surface area (Å²) >= 11 is 1.68. The van der Waals surface area contributed by atoms with Gasteiger partial charge in [0.2, 0.25) is 0 Å². The van der Waals surface area contributed by atoms with Gasteiger partial charge in [0.15, 0.2) is 0 Å². The molecule has 0 N–H and O–H groups in total. The molecule has 0 amide bonds. The second kappa shape index (κ2) is 4.51. The van der Waals surface area contributed by atoms with Gasteiger partial charge < -0.3 is 0 Å². The van der Waals surface area contributed by atoms with E-state index in [1.165, 1.54) is 12.2 Å². The predicted molar refractivity (Wildman–Crippen MR) is 37.3 cm³/mol. The Morgan fingerprint density at radius 3 is 2.29 bits per heavy atom. The summed E-state index contributed by atoms with van der Waals surface area (Å²) < 4.78 is 0. The summed E-state index contributed by atoms with van der Waals surface area (Å²) in [6.45, 7) is 4.46. The van der Waals surface area contributed by atoms with E-state index in [1.54, 1.807) is 11.8 Å². The molecular formula is C6H13S. The molecule has 0 saturated heterocycles. The number of rotatable bonds is 3. The molecule has 1 radical (unpaired) electrons. The Hall–Kier alpha value is 0.350. The van der Waals surface area contributed by atoms with E-state index in [0.717, 1.165) is 5.92 Å². The summed E-state index contributed by atoms with van der Waals surface area (Å²) in [7, 11) is 0. The molecule has 0 saturated carbocycles. The minimum Gasteiger partial charge on any atom is -0.161 e. The molecule has 0 aromatic rings. The number of hydrogen-bond acceptors (Lipinski definition) is 1. The molecule has 0 unspecified atom stereocenters. The van der Waals surface area contributed by atoms with Crippen LogP contribution in [0.4, 0.5) is 0 Å². The third-order valence-corrected chi connectivity index (χ3v) is 1.36. The topological polar surface area (TPSA) is 0 Å². The largest absolute Gasteiger partial charge is 0.161 e. The van der Waals surface area contributed by atoms with Crippen molar-refractivity contribution in [2.24, 2.45) is 5.92 Å². The van der Waals surface area contributed by atoms with Gasteiger partial charge in [-0.15, -0.1) is 0 Å². The van der Waals surface area contributed by atoms with Crippen molar-refractivity contribution >= 4 is 11.8 Å². The minimum atomic E-state index is 0.842. The molecule has 0 aromatic heterocycles. The molecule has 1 heteroatoms. The van der Waals surface area contributed by atoms with Gasteiger partial charge in [0.05, 0.1) is 0 Å². The van der Waals surface area contributed by atoms with Gasteiger partial charge in [-0.3, -0.25) is 0 Å². The smallest absolute Gasteiger partial charge is 0.00235 e. The lowest BCUT2D eigenvalue weighted by molar-refractivity contribution is 0.632. The molecule has 7 heavy (non-hydrogen) atoms. The molecule has 0 bridgehead atoms. The molecule has 0 nitrogen and oxygen atoms in total. The first kappa shape index (κ1) is 7.35. The third-order valence-electron chi connectivity index (χ3n) is 0.840. The summed E-state index contributed by atoms with van der Waals surface area (Å²) in [6, 6.07) is 0. The first-order valence-electron chi connectivity index (χ1n) is 2.64. The normalized spacial score (nSPS) is 10.3. The van der Waals surface area contributed by atoms with Gasteiger partial charge in [0.25, 0.3) is 0 Å². The van der Waals surface area contributed by atoms with Crippen molar-refractivity contribution in [3.8, 4) is 0 Å². The Bertz CT molecular complexity index is 33.2. The molecule has 0 aliphatic rings. The fraction of sp³-hybridized carbons (Fsp3) is 0.833. The van der Waals surface area contributed by atoms with Crippen LogP contribution in [-0.4, -0.2) is 5.75 Å². The standard InChI is InChI=1S/C6H13S/c1-6(2)4-5-7-3/h6H,3-5H2,1-2H3. The van der Waals surface area contributed by atoms with Gasteiger partial charge in [-0.05, 0) is 18.1 Å². The van der Waals surface area contributed by atoms with E-state index < -0.39 is 0 Å². The van der Waals surface area contributed by atoms with Crippen LogP contribution in [0.15, 0.2) is 0 Å². The van der Waals surface area contributed by atoms with E-state index in [2.05, 4.69) is 20.1 Å². The Morgan fingerprint density at radius 2 is 2.14 bits per heavy atom. The lowest BCUT2D eigenvalue weighted by Crippen LogP contribution is -1.86. The van der Waals surface area contributed by atoms with Crippen molar-refractivity contribution in [2.45, 2.75) is 20.3 Å². The summed E-state index contributed by atoms with van der Waals surface area (Å²) in [5, 5.41) is 0. The average Bonchev–Trinajstić information content (AvgIpc) is 1.61. The van der Waals surface area contributed by atoms with Crippen LogP contribution < -0.4 is 0 Å². The van der Waals surface area contributed by atoms with Crippen LogP contribution in [0.2, 0.25) is 0 Å². The van der Waals surface area contributed by atoms with Gasteiger partial charge >= 0.3 is 0 Å². The summed E-state index contributed by atoms with van der Waals surface area (Å²) in [5.41, 5.74) is 0. The highest BCUT2D eigenvalue weighted by Gasteiger charge is 1.89. The third kappa shape index (κ3) is 6.35. The second-order valence-corrected chi connectivity index (χ2v) is 2.91. The monoisotopic (exact) mass is 117 g/mol. The Labute approximate surface area is 50.7 Å². The van der Waals surface area contributed by atoms with Crippen LogP contribution >= 0.6 is 11.8 Å². The minimum absolute atomic E-state index is 0.842. The van der Waals surface area contributed by atoms with E-state index in [-0.39, 0.29) is 0 Å². The van der Waals surface area contributed by atoms with Crippen LogP contribution in [0, 0.1) is 12.2 Å². The van der Waals surface area contributed by atoms with Crippen LogP contribution in [0.3, 0.4) is 0 Å². The van der Waals surface area contributed by atoms with Gasteiger partial charge in [0, 0.05) is 6.26 Å². The molecule has 0 atom stereocenters. The van der Waals surface area contributed by atoms with E-state index in [1.807, 2.05) is 0 Å². The maximum absolute atomic E-state index is 3.67. The van der Waals surface area contributed by atoms with Crippen molar-refractivity contribution in [3.05, 3.63) is 6.26 Å². The van der Waals surface area contributed by atoms with Crippen molar-refractivity contribution in [2.75, 3.05) is 5.75 Å². The molecular weight excluding hydrogens is 104 g/mol. The fourth-order valence-corrected chi connectivity index (χ4v) is 0.957. The quantitative estimate of drug-likeness (QED) is 0.547. The highest BCUT2D eigenvalue weighted by Crippen LogP contribution is 2.05. The Kier molecular flexibility index (Phi) is 4.73. The molecule has 0 aliphatic heterocycles. The van der Waals surface area contributed by atoms with E-state index in [4.69, 9.17) is 0 Å². The zero-order chi connectivity index (χ0) is 5.70. The maximum Gasteiger partial charge on any atom is 0.00235 e. The Morgan fingerprint density at radius 1 is 1.57 bits per heavy atom. The van der Waals surface area contributed by atoms with Crippen LogP contribution in [0.5, 0.6) is 0 Å². The zero-order valence-electron chi connectivity index (χ0n) is 5.11. The predicted octanol–water partition coefficient (Wildman–Crippen LogP) is 2.56. The first-order valence-corrected chi connectivity index (χ1v) is 3.79. The molecule has 0 heterocycles. The maximum atomic E-state index is 3.67. The van der Waals surface area contributed by atoms with Crippen molar-refractivity contribution < 1.29 is 0 Å². The van der Waals surface area contributed by atoms with Gasteiger partial charge in [-0.1, -0.05) is 13.8 Å². The molecule has 43 valence electrons. The average molecular weight is 117 g/mol. The summed E-state index contributed by atoms with van der Waals surface area (Å²) in [4.78, 5) is 0. The SMILES string of the molecule is [CH2]SCCC(C)C. The van der Waals surface area contributed by atoms with E-state index in [0.29, 0.717) is 0 Å². The number of thioether (sulfide) groups is 1. The van der Waals surface area contributed by atoms with Crippen molar-refractivity contribution in [1.29, 1.82) is 0 Å². The van der Waals surface area contributed by atoms with Gasteiger partial charge in [-0.2, -0.15) is 11.8 Å². The highest BCUT2D eigenvalue weighted by atomic mass is 32.2. The van der Waals surface area contributed by atoms with Crippen LogP contribution in [-0.2, 0) is 0 Å². The second-order valence-electron chi connectivity index (χ2n) is 2.09. The molecule has 0 spiro atoms. The van der Waals surface area contributed by atoms with E-state index in [9.17, 15) is 0 Å². The summed E-state index contributed by atoms with van der Waals surface area (Å²) in [6.07, 6.45) is 4.97. The highest BCUT2D eigenvalue weighted by molar-refractivity contribution is 8.00. The van der Waals surface area contributed by atoms with Gasteiger partial charge in [-0.25, -0.2) is 0 Å². The van der Waals surface area contributed by atoms with Crippen molar-refractivity contribution in [1.82, 2.24) is 0 Å². The molecule has 0 aliphatic carbocycles. The lowest BCUT2D eigenvalue weighted by Gasteiger charge is -1.98. The Balaban J connectivity index is 2.68. The molecule has 0 fully saturated rings. The fourth-order valence-electron chi connectivity index (χ4n) is 0.319. The molecule has 0 rings (SSSR count). The summed E-state index contributed by atoms with van der Waals surface area (Å²) in [5.74, 6) is 2.05. The van der Waals surface area contributed by atoms with Crippen molar-refractivity contribution in [3.63, 3.8) is 0 Å². The van der Waals surface area contributed by atoms with Gasteiger partial charge in [0.1, 0.15) is 0 Å².